The molecule has 0 aliphatic heterocycles. The van der Waals surface area contributed by atoms with Crippen LogP contribution in [-0.4, -0.2) is 11.4 Å². The van der Waals surface area contributed by atoms with E-state index in [4.69, 9.17) is 5.73 Å². The fourth-order valence-corrected chi connectivity index (χ4v) is 2.46. The van der Waals surface area contributed by atoms with E-state index in [1.54, 1.807) is 0 Å². The molecule has 0 saturated heterocycles. The van der Waals surface area contributed by atoms with E-state index in [-0.39, 0.29) is 5.91 Å². The lowest BCUT2D eigenvalue weighted by Crippen LogP contribution is -2.56. The molecule has 0 radical (unpaired) electrons. The number of carbonyl (C=O) groups is 1. The normalized spacial score (nSPS) is 17.7. The molecule has 0 heterocycles. The third kappa shape index (κ3) is 2.28. The molecule has 4 heteroatoms. The second kappa shape index (κ2) is 4.18. The summed E-state index contributed by atoms with van der Waals surface area (Å²) in [5, 5.41) is 2.87. The van der Waals surface area contributed by atoms with Crippen molar-refractivity contribution >= 4 is 27.5 Å². The molecule has 1 aromatic carbocycles. The Hall–Kier alpha value is -0.870. The van der Waals surface area contributed by atoms with E-state index in [1.807, 2.05) is 25.1 Å². The van der Waals surface area contributed by atoms with Crippen molar-refractivity contribution < 1.29 is 4.79 Å². The predicted octanol–water partition coefficient (Wildman–Crippen LogP) is 2.58. The molecule has 1 fully saturated rings. The summed E-state index contributed by atoms with van der Waals surface area (Å²) in [6, 6.07) is 5.81. The summed E-state index contributed by atoms with van der Waals surface area (Å²) >= 11 is 3.40. The van der Waals surface area contributed by atoms with Crippen LogP contribution in [0.2, 0.25) is 0 Å². The van der Waals surface area contributed by atoms with Gasteiger partial charge in [-0.1, -0.05) is 15.9 Å². The van der Waals surface area contributed by atoms with Crippen LogP contribution in [0.3, 0.4) is 0 Å². The molecular weight excluding hydrogens is 268 g/mol. The summed E-state index contributed by atoms with van der Waals surface area (Å²) in [6.45, 7) is 1.99. The van der Waals surface area contributed by atoms with E-state index in [1.165, 1.54) is 0 Å². The van der Waals surface area contributed by atoms with Crippen molar-refractivity contribution in [2.45, 2.75) is 31.7 Å². The molecule has 1 aliphatic rings. The van der Waals surface area contributed by atoms with Gasteiger partial charge in [0.15, 0.2) is 0 Å². The Bertz CT molecular complexity index is 407. The zero-order valence-electron chi connectivity index (χ0n) is 9.22. The van der Waals surface area contributed by atoms with Crippen molar-refractivity contribution in [3.05, 3.63) is 28.2 Å². The van der Waals surface area contributed by atoms with Gasteiger partial charge in [-0.3, -0.25) is 4.79 Å². The van der Waals surface area contributed by atoms with Crippen LogP contribution in [0.25, 0.3) is 0 Å². The number of nitrogens with one attached hydrogen (secondary N) is 1. The van der Waals surface area contributed by atoms with E-state index >= 15 is 0 Å². The van der Waals surface area contributed by atoms with Gasteiger partial charge in [0, 0.05) is 10.2 Å². The van der Waals surface area contributed by atoms with E-state index < -0.39 is 5.54 Å². The molecular formula is C12H15BrN2O. The summed E-state index contributed by atoms with van der Waals surface area (Å²) in [7, 11) is 0. The van der Waals surface area contributed by atoms with Crippen LogP contribution in [0.4, 0.5) is 5.69 Å². The van der Waals surface area contributed by atoms with Gasteiger partial charge in [0.1, 0.15) is 0 Å². The molecule has 0 bridgehead atoms. The lowest BCUT2D eigenvalue weighted by Gasteiger charge is -2.36. The smallest absolute Gasteiger partial charge is 0.244 e. The van der Waals surface area contributed by atoms with Gasteiger partial charge in [-0.15, -0.1) is 0 Å². The third-order valence-electron chi connectivity index (χ3n) is 3.00. The van der Waals surface area contributed by atoms with Crippen molar-refractivity contribution in [1.29, 1.82) is 0 Å². The Morgan fingerprint density at radius 3 is 2.62 bits per heavy atom. The number of benzene rings is 1. The van der Waals surface area contributed by atoms with Crippen LogP contribution >= 0.6 is 15.9 Å². The average Bonchev–Trinajstić information content (AvgIpc) is 2.12. The largest absolute Gasteiger partial charge is 0.324 e. The first-order chi connectivity index (χ1) is 7.49. The van der Waals surface area contributed by atoms with E-state index in [0.29, 0.717) is 0 Å². The minimum absolute atomic E-state index is 0.0729. The summed E-state index contributed by atoms with van der Waals surface area (Å²) in [6.07, 6.45) is 2.61. The zero-order valence-corrected chi connectivity index (χ0v) is 10.8. The third-order valence-corrected chi connectivity index (χ3v) is 3.46. The van der Waals surface area contributed by atoms with Gasteiger partial charge >= 0.3 is 0 Å². The van der Waals surface area contributed by atoms with Gasteiger partial charge in [0.05, 0.1) is 5.54 Å². The number of carbonyl (C=O) groups excluding carboxylic acids is 1. The Morgan fingerprint density at radius 2 is 2.12 bits per heavy atom. The van der Waals surface area contributed by atoms with Crippen LogP contribution in [0.5, 0.6) is 0 Å². The number of hydrogen-bond acceptors (Lipinski definition) is 2. The number of aryl methyl sites for hydroxylation is 1. The van der Waals surface area contributed by atoms with Crippen molar-refractivity contribution in [1.82, 2.24) is 0 Å². The van der Waals surface area contributed by atoms with Gasteiger partial charge < -0.3 is 11.1 Å². The Morgan fingerprint density at radius 1 is 1.44 bits per heavy atom. The highest BCUT2D eigenvalue weighted by Gasteiger charge is 2.40. The molecule has 1 aromatic rings. The predicted molar refractivity (Wildman–Crippen MR) is 68.3 cm³/mol. The van der Waals surface area contributed by atoms with Gasteiger partial charge in [0.2, 0.25) is 5.91 Å². The monoisotopic (exact) mass is 282 g/mol. The Labute approximate surface area is 104 Å². The SMILES string of the molecule is Cc1cc(Br)cc(NC(=O)C2(N)CCC2)c1. The van der Waals surface area contributed by atoms with E-state index in [0.717, 1.165) is 35.0 Å². The maximum Gasteiger partial charge on any atom is 0.244 e. The lowest BCUT2D eigenvalue weighted by atomic mass is 9.77. The molecule has 1 aliphatic carbocycles. The maximum atomic E-state index is 11.9. The summed E-state index contributed by atoms with van der Waals surface area (Å²) in [4.78, 5) is 11.9. The fraction of sp³-hybridized carbons (Fsp3) is 0.417. The number of nitrogens with two attached hydrogens (primary N) is 1. The molecule has 0 unspecified atom stereocenters. The minimum Gasteiger partial charge on any atom is -0.324 e. The molecule has 16 heavy (non-hydrogen) atoms. The topological polar surface area (TPSA) is 55.1 Å². The van der Waals surface area contributed by atoms with Crippen LogP contribution in [0.1, 0.15) is 24.8 Å². The highest BCUT2D eigenvalue weighted by molar-refractivity contribution is 9.10. The van der Waals surface area contributed by atoms with Crippen molar-refractivity contribution in [2.24, 2.45) is 5.73 Å². The zero-order chi connectivity index (χ0) is 11.8. The highest BCUT2D eigenvalue weighted by Crippen LogP contribution is 2.30. The van der Waals surface area contributed by atoms with Crippen LogP contribution in [0, 0.1) is 6.92 Å². The van der Waals surface area contributed by atoms with E-state index in [9.17, 15) is 4.79 Å². The second-order valence-electron chi connectivity index (χ2n) is 4.48. The lowest BCUT2D eigenvalue weighted by molar-refractivity contribution is -0.123. The number of rotatable bonds is 2. The van der Waals surface area contributed by atoms with Crippen molar-refractivity contribution in [2.75, 3.05) is 5.32 Å². The quantitative estimate of drug-likeness (QED) is 0.876. The molecule has 1 amide bonds. The molecule has 2 rings (SSSR count). The number of halogens is 1. The maximum absolute atomic E-state index is 11.9. The molecule has 3 nitrogen and oxygen atoms in total. The first-order valence-electron chi connectivity index (χ1n) is 5.37. The van der Waals surface area contributed by atoms with Crippen molar-refractivity contribution in [3.8, 4) is 0 Å². The molecule has 0 atom stereocenters. The number of amides is 1. The second-order valence-corrected chi connectivity index (χ2v) is 5.40. The van der Waals surface area contributed by atoms with Gasteiger partial charge in [0.25, 0.3) is 0 Å². The van der Waals surface area contributed by atoms with Crippen LogP contribution in [-0.2, 0) is 4.79 Å². The Balaban J connectivity index is 2.11. The van der Waals surface area contributed by atoms with Crippen LogP contribution in [0.15, 0.2) is 22.7 Å². The average molecular weight is 283 g/mol. The summed E-state index contributed by atoms with van der Waals surface area (Å²) in [5.41, 5.74) is 7.20. The van der Waals surface area contributed by atoms with Crippen molar-refractivity contribution in [3.63, 3.8) is 0 Å². The minimum atomic E-state index is -0.643. The molecule has 0 aromatic heterocycles. The van der Waals surface area contributed by atoms with Gasteiger partial charge in [-0.25, -0.2) is 0 Å². The summed E-state index contributed by atoms with van der Waals surface area (Å²) < 4.78 is 0.961. The standard InChI is InChI=1S/C12H15BrN2O/c1-8-5-9(13)7-10(6-8)15-11(16)12(14)3-2-4-12/h5-7H,2-4,14H2,1H3,(H,15,16). The molecule has 1 saturated carbocycles. The molecule has 86 valence electrons. The Kier molecular flexibility index (Phi) is 3.04. The van der Waals surface area contributed by atoms with Crippen LogP contribution < -0.4 is 11.1 Å². The molecule has 3 N–H and O–H groups in total. The first kappa shape index (κ1) is 11.6. The highest BCUT2D eigenvalue weighted by atomic mass is 79.9. The first-order valence-corrected chi connectivity index (χ1v) is 6.16. The fourth-order valence-electron chi connectivity index (χ4n) is 1.85. The number of hydrogen-bond donors (Lipinski definition) is 2. The van der Waals surface area contributed by atoms with Gasteiger partial charge in [-0.05, 0) is 49.9 Å². The van der Waals surface area contributed by atoms with Gasteiger partial charge in [-0.2, -0.15) is 0 Å². The van der Waals surface area contributed by atoms with E-state index in [2.05, 4.69) is 21.2 Å². The summed E-state index contributed by atoms with van der Waals surface area (Å²) in [5.74, 6) is -0.0729. The molecule has 0 spiro atoms. The number of anilines is 1.